The Balaban J connectivity index is 1.64. The lowest BCUT2D eigenvalue weighted by molar-refractivity contribution is -0.141. The topological polar surface area (TPSA) is 74.6 Å². The Morgan fingerprint density at radius 1 is 0.912 bits per heavy atom. The molecule has 0 aliphatic heterocycles. The number of ether oxygens (including phenoxy) is 2. The summed E-state index contributed by atoms with van der Waals surface area (Å²) < 4.78 is 12.2. The third kappa shape index (κ3) is 4.72. The molecule has 0 radical (unpaired) electrons. The van der Waals surface area contributed by atoms with Gasteiger partial charge in [-0.3, -0.25) is 19.0 Å². The van der Waals surface area contributed by atoms with Crippen LogP contribution in [0.2, 0.25) is 5.02 Å². The Morgan fingerprint density at radius 2 is 1.62 bits per heavy atom. The summed E-state index contributed by atoms with van der Waals surface area (Å²) in [5.74, 6) is -0.499. The molecule has 4 rings (SSSR count). The second kappa shape index (κ2) is 9.93. The van der Waals surface area contributed by atoms with Gasteiger partial charge in [0.2, 0.25) is 0 Å². The SMILES string of the molecule is COc1ccc2c(c1)c(CC(=O)OCC(=O)c1ccccc1)c(C)n2C(=O)c1ccc(Cl)cc1. The minimum Gasteiger partial charge on any atom is -0.497 e. The molecule has 0 saturated heterocycles. The Labute approximate surface area is 201 Å². The first-order valence-corrected chi connectivity index (χ1v) is 11.0. The Morgan fingerprint density at radius 3 is 2.29 bits per heavy atom. The number of esters is 1. The van der Waals surface area contributed by atoms with E-state index in [2.05, 4.69) is 0 Å². The number of methoxy groups -OCH3 is 1. The van der Waals surface area contributed by atoms with E-state index in [0.29, 0.717) is 44.1 Å². The van der Waals surface area contributed by atoms with Crippen LogP contribution in [-0.2, 0) is 16.0 Å². The fourth-order valence-corrected chi connectivity index (χ4v) is 3.97. The van der Waals surface area contributed by atoms with E-state index in [1.807, 2.05) is 0 Å². The number of fused-ring (bicyclic) bond motifs is 1. The first-order valence-electron chi connectivity index (χ1n) is 10.6. The molecule has 34 heavy (non-hydrogen) atoms. The van der Waals surface area contributed by atoms with Crippen LogP contribution in [0.1, 0.15) is 32.0 Å². The molecule has 0 amide bonds. The van der Waals surface area contributed by atoms with Gasteiger partial charge in [-0.05, 0) is 55.0 Å². The molecule has 1 aromatic heterocycles. The number of carbonyl (C=O) groups excluding carboxylic acids is 3. The molecule has 1 heterocycles. The largest absolute Gasteiger partial charge is 0.497 e. The van der Waals surface area contributed by atoms with Gasteiger partial charge in [0, 0.05) is 27.2 Å². The van der Waals surface area contributed by atoms with Crippen molar-refractivity contribution in [3.8, 4) is 5.75 Å². The number of hydrogen-bond acceptors (Lipinski definition) is 5. The number of rotatable bonds is 7. The minimum absolute atomic E-state index is 0.0987. The lowest BCUT2D eigenvalue weighted by atomic mass is 10.1. The standard InChI is InChI=1S/C27H22ClNO5/c1-17-22(15-26(31)34-16-25(30)18-6-4-3-5-7-18)23-14-21(33-2)12-13-24(23)29(17)27(32)19-8-10-20(28)11-9-19/h3-14H,15-16H2,1-2H3. The van der Waals surface area contributed by atoms with E-state index < -0.39 is 5.97 Å². The predicted molar refractivity (Wildman–Crippen MR) is 130 cm³/mol. The highest BCUT2D eigenvalue weighted by atomic mass is 35.5. The molecule has 0 saturated carbocycles. The van der Waals surface area contributed by atoms with Crippen LogP contribution in [0.3, 0.4) is 0 Å². The molecule has 0 N–H and O–H groups in total. The van der Waals surface area contributed by atoms with Crippen molar-refractivity contribution in [2.75, 3.05) is 13.7 Å². The molecule has 0 aliphatic carbocycles. The van der Waals surface area contributed by atoms with Crippen LogP contribution in [0.4, 0.5) is 0 Å². The van der Waals surface area contributed by atoms with Crippen LogP contribution in [0.15, 0.2) is 72.8 Å². The molecule has 0 bridgehead atoms. The fourth-order valence-electron chi connectivity index (χ4n) is 3.84. The lowest BCUT2D eigenvalue weighted by Crippen LogP contribution is -2.17. The Kier molecular flexibility index (Phi) is 6.80. The maximum absolute atomic E-state index is 13.3. The van der Waals surface area contributed by atoms with Crippen LogP contribution >= 0.6 is 11.6 Å². The number of aromatic nitrogens is 1. The molecule has 0 fully saturated rings. The number of hydrogen-bond donors (Lipinski definition) is 0. The molecule has 0 aliphatic rings. The van der Waals surface area contributed by atoms with E-state index in [1.54, 1.807) is 91.4 Å². The van der Waals surface area contributed by atoms with Crippen LogP contribution in [0.25, 0.3) is 10.9 Å². The van der Waals surface area contributed by atoms with Gasteiger partial charge in [0.05, 0.1) is 19.0 Å². The zero-order chi connectivity index (χ0) is 24.2. The number of halogens is 1. The summed E-state index contributed by atoms with van der Waals surface area (Å²) in [5, 5.41) is 1.23. The molecule has 6 nitrogen and oxygen atoms in total. The van der Waals surface area contributed by atoms with Crippen molar-refractivity contribution in [3.63, 3.8) is 0 Å². The summed E-state index contributed by atoms with van der Waals surface area (Å²) in [6.07, 6.45) is -0.0987. The predicted octanol–water partition coefficient (Wildman–Crippen LogP) is 5.27. The van der Waals surface area contributed by atoms with Crippen molar-refractivity contribution in [1.82, 2.24) is 4.57 Å². The van der Waals surface area contributed by atoms with E-state index in [9.17, 15) is 14.4 Å². The average molecular weight is 476 g/mol. The molecule has 4 aromatic rings. The normalized spacial score (nSPS) is 10.8. The smallest absolute Gasteiger partial charge is 0.310 e. The third-order valence-corrected chi connectivity index (χ3v) is 5.87. The summed E-state index contributed by atoms with van der Waals surface area (Å²) in [7, 11) is 1.55. The highest BCUT2D eigenvalue weighted by Crippen LogP contribution is 2.31. The summed E-state index contributed by atoms with van der Waals surface area (Å²) in [5.41, 5.74) is 2.81. The molecule has 0 unspecified atom stereocenters. The van der Waals surface area contributed by atoms with Gasteiger partial charge in [-0.1, -0.05) is 41.9 Å². The summed E-state index contributed by atoms with van der Waals surface area (Å²) in [6.45, 7) is 1.42. The van der Waals surface area contributed by atoms with E-state index >= 15 is 0 Å². The van der Waals surface area contributed by atoms with E-state index in [-0.39, 0.29) is 24.7 Å². The van der Waals surface area contributed by atoms with Gasteiger partial charge in [-0.25, -0.2) is 0 Å². The van der Waals surface area contributed by atoms with Crippen molar-refractivity contribution in [1.29, 1.82) is 0 Å². The van der Waals surface area contributed by atoms with Crippen molar-refractivity contribution >= 4 is 40.2 Å². The average Bonchev–Trinajstić information content (AvgIpc) is 3.13. The maximum Gasteiger partial charge on any atom is 0.310 e. The zero-order valence-corrected chi connectivity index (χ0v) is 19.5. The number of nitrogens with zero attached hydrogens (tertiary/aromatic N) is 1. The molecule has 172 valence electrons. The van der Waals surface area contributed by atoms with Crippen molar-refractivity contribution < 1.29 is 23.9 Å². The molecular weight excluding hydrogens is 454 g/mol. The second-order valence-corrected chi connectivity index (χ2v) is 8.16. The number of carbonyl (C=O) groups is 3. The lowest BCUT2D eigenvalue weighted by Gasteiger charge is -2.08. The summed E-state index contributed by atoms with van der Waals surface area (Å²) >= 11 is 5.97. The van der Waals surface area contributed by atoms with Gasteiger partial charge >= 0.3 is 5.97 Å². The fraction of sp³-hybridized carbons (Fsp3) is 0.148. The molecule has 0 spiro atoms. The first-order chi connectivity index (χ1) is 16.4. The van der Waals surface area contributed by atoms with Crippen LogP contribution in [0, 0.1) is 6.92 Å². The highest BCUT2D eigenvalue weighted by Gasteiger charge is 2.23. The van der Waals surface area contributed by atoms with E-state index in [4.69, 9.17) is 21.1 Å². The van der Waals surface area contributed by atoms with Crippen LogP contribution < -0.4 is 4.74 Å². The quantitative estimate of drug-likeness (QED) is 0.269. The molecule has 0 atom stereocenters. The number of ketones is 1. The van der Waals surface area contributed by atoms with Gasteiger partial charge in [0.1, 0.15) is 5.75 Å². The summed E-state index contributed by atoms with van der Waals surface area (Å²) in [6, 6.07) is 20.6. The molecule has 3 aromatic carbocycles. The van der Waals surface area contributed by atoms with Crippen molar-refractivity contribution in [3.05, 3.63) is 100 Å². The van der Waals surface area contributed by atoms with Gasteiger partial charge in [-0.15, -0.1) is 0 Å². The van der Waals surface area contributed by atoms with Crippen molar-refractivity contribution in [2.45, 2.75) is 13.3 Å². The minimum atomic E-state index is -0.562. The number of Topliss-reactive ketones (excluding diaryl/α,β-unsaturated/α-hetero) is 1. The Bertz CT molecular complexity index is 1370. The molecule has 7 heteroatoms. The molecular formula is C27H22ClNO5. The van der Waals surface area contributed by atoms with E-state index in [1.165, 1.54) is 0 Å². The summed E-state index contributed by atoms with van der Waals surface area (Å²) in [4.78, 5) is 38.3. The van der Waals surface area contributed by atoms with Crippen LogP contribution in [-0.4, -0.2) is 35.9 Å². The van der Waals surface area contributed by atoms with E-state index in [0.717, 1.165) is 0 Å². The van der Waals surface area contributed by atoms with Gasteiger partial charge in [0.15, 0.2) is 12.4 Å². The monoisotopic (exact) mass is 475 g/mol. The third-order valence-electron chi connectivity index (χ3n) is 5.62. The van der Waals surface area contributed by atoms with Gasteiger partial charge in [0.25, 0.3) is 5.91 Å². The first kappa shape index (κ1) is 23.3. The van der Waals surface area contributed by atoms with Gasteiger partial charge < -0.3 is 9.47 Å². The van der Waals surface area contributed by atoms with Crippen LogP contribution in [0.5, 0.6) is 5.75 Å². The second-order valence-electron chi connectivity index (χ2n) is 7.72. The maximum atomic E-state index is 13.3. The number of benzene rings is 3. The Hall–Kier alpha value is -3.90. The highest BCUT2D eigenvalue weighted by molar-refractivity contribution is 6.30. The van der Waals surface area contributed by atoms with Crippen molar-refractivity contribution in [2.24, 2.45) is 0 Å². The van der Waals surface area contributed by atoms with Gasteiger partial charge in [-0.2, -0.15) is 0 Å². The zero-order valence-electron chi connectivity index (χ0n) is 18.7.